The quantitative estimate of drug-likeness (QED) is 0.637. The number of benzene rings is 1. The molecule has 1 N–H and O–H groups in total. The van der Waals surface area contributed by atoms with Gasteiger partial charge in [-0.3, -0.25) is 19.5 Å². The van der Waals surface area contributed by atoms with Crippen molar-refractivity contribution >= 4 is 40.1 Å². The molecule has 5 rings (SSSR count). The van der Waals surface area contributed by atoms with Crippen molar-refractivity contribution in [2.24, 2.45) is 0 Å². The number of aromatic nitrogens is 2. The molecule has 9 heteroatoms. The van der Waals surface area contributed by atoms with Gasteiger partial charge in [0.2, 0.25) is 5.91 Å². The van der Waals surface area contributed by atoms with Crippen molar-refractivity contribution in [3.8, 4) is 0 Å². The summed E-state index contributed by atoms with van der Waals surface area (Å²) in [6.45, 7) is 3.58. The number of para-hydroxylation sites is 1. The number of halogens is 1. The number of ether oxygens (including phenoxy) is 1. The third-order valence-electron chi connectivity index (χ3n) is 5.99. The molecule has 0 atom stereocenters. The van der Waals surface area contributed by atoms with Gasteiger partial charge in [-0.2, -0.15) is 0 Å². The van der Waals surface area contributed by atoms with E-state index in [0.29, 0.717) is 62.2 Å². The van der Waals surface area contributed by atoms with E-state index < -0.39 is 0 Å². The number of nitrogens with zero attached hydrogens (tertiary/aromatic N) is 4. The number of amides is 2. The van der Waals surface area contributed by atoms with Gasteiger partial charge in [-0.25, -0.2) is 4.98 Å². The highest BCUT2D eigenvalue weighted by Gasteiger charge is 2.29. The zero-order chi connectivity index (χ0) is 22.8. The maximum atomic E-state index is 13.6. The summed E-state index contributed by atoms with van der Waals surface area (Å²) in [6.07, 6.45) is 2.22. The van der Waals surface area contributed by atoms with E-state index >= 15 is 0 Å². The number of morpholine rings is 1. The van der Waals surface area contributed by atoms with Crippen LogP contribution >= 0.6 is 11.6 Å². The third-order valence-corrected chi connectivity index (χ3v) is 6.23. The second-order valence-electron chi connectivity index (χ2n) is 8.20. The summed E-state index contributed by atoms with van der Waals surface area (Å²) in [5, 5.41) is 4.15. The van der Waals surface area contributed by atoms with Gasteiger partial charge in [0.15, 0.2) is 0 Å². The molecule has 2 aromatic heterocycles. The Morgan fingerprint density at radius 1 is 1.12 bits per heavy atom. The average Bonchev–Trinajstić information content (AvgIpc) is 2.82. The number of nitrogens with one attached hydrogen (secondary N) is 1. The van der Waals surface area contributed by atoms with E-state index in [1.807, 2.05) is 34.1 Å². The zero-order valence-corrected chi connectivity index (χ0v) is 18.8. The van der Waals surface area contributed by atoms with Crippen molar-refractivity contribution in [3.63, 3.8) is 0 Å². The van der Waals surface area contributed by atoms with Crippen LogP contribution in [0.25, 0.3) is 10.9 Å². The van der Waals surface area contributed by atoms with Crippen molar-refractivity contribution in [1.29, 1.82) is 0 Å². The molecule has 3 aromatic rings. The first-order valence-corrected chi connectivity index (χ1v) is 11.4. The van der Waals surface area contributed by atoms with Crippen LogP contribution in [0.3, 0.4) is 0 Å². The molecule has 0 spiro atoms. The minimum Gasteiger partial charge on any atom is -0.378 e. The lowest BCUT2D eigenvalue weighted by Gasteiger charge is -2.32. The van der Waals surface area contributed by atoms with Crippen molar-refractivity contribution in [3.05, 3.63) is 64.4 Å². The van der Waals surface area contributed by atoms with Crippen LogP contribution in [0.4, 0.5) is 5.82 Å². The molecule has 4 heterocycles. The lowest BCUT2D eigenvalue weighted by atomic mass is 9.94. The van der Waals surface area contributed by atoms with Crippen molar-refractivity contribution in [2.45, 2.75) is 13.0 Å². The summed E-state index contributed by atoms with van der Waals surface area (Å²) in [5.41, 5.74) is 3.36. The zero-order valence-electron chi connectivity index (χ0n) is 18.1. The molecule has 2 aliphatic rings. The first-order chi connectivity index (χ1) is 16.1. The molecule has 170 valence electrons. The van der Waals surface area contributed by atoms with Crippen LogP contribution in [0.15, 0.2) is 42.6 Å². The second kappa shape index (κ2) is 9.43. The van der Waals surface area contributed by atoms with Gasteiger partial charge >= 0.3 is 0 Å². The maximum Gasteiger partial charge on any atom is 0.255 e. The van der Waals surface area contributed by atoms with Gasteiger partial charge in [0.25, 0.3) is 5.91 Å². The highest BCUT2D eigenvalue weighted by molar-refractivity contribution is 6.30. The molecular formula is C24H24ClN5O3. The normalized spacial score (nSPS) is 16.5. The summed E-state index contributed by atoms with van der Waals surface area (Å²) in [5.74, 6) is 0.242. The number of fused-ring (bicyclic) bond motifs is 2. The number of hydrogen-bond donors (Lipinski definition) is 1. The molecule has 0 radical (unpaired) electrons. The fourth-order valence-electron chi connectivity index (χ4n) is 4.41. The highest BCUT2D eigenvalue weighted by atomic mass is 35.5. The SMILES string of the molecule is O=C(CN1CCc2nc3ccccc3c(C(=O)N3CCOCC3)c2C1)Nc1cc(Cl)ccn1. The largest absolute Gasteiger partial charge is 0.378 e. The first kappa shape index (κ1) is 21.8. The van der Waals surface area contributed by atoms with Crippen LogP contribution in [0, 0.1) is 0 Å². The lowest BCUT2D eigenvalue weighted by molar-refractivity contribution is -0.117. The standard InChI is InChI=1S/C24H24ClN5O3/c25-16-5-7-26-21(13-16)28-22(31)15-29-8-6-20-18(14-29)23(17-3-1-2-4-19(17)27-20)24(32)30-9-11-33-12-10-30/h1-5,7,13H,6,8-12,14-15H2,(H,26,28,31). The fraction of sp³-hybridized carbons (Fsp3) is 0.333. The summed E-state index contributed by atoms with van der Waals surface area (Å²) < 4.78 is 5.43. The van der Waals surface area contributed by atoms with Crippen LogP contribution in [-0.4, -0.2) is 71.0 Å². The molecule has 0 aliphatic carbocycles. The molecule has 0 saturated carbocycles. The summed E-state index contributed by atoms with van der Waals surface area (Å²) in [6, 6.07) is 11.0. The van der Waals surface area contributed by atoms with Gasteiger partial charge in [-0.05, 0) is 18.2 Å². The maximum absolute atomic E-state index is 13.6. The molecule has 2 aliphatic heterocycles. The Morgan fingerprint density at radius 3 is 2.76 bits per heavy atom. The van der Waals surface area contributed by atoms with E-state index in [-0.39, 0.29) is 18.4 Å². The van der Waals surface area contributed by atoms with Gasteiger partial charge in [-0.1, -0.05) is 29.8 Å². The van der Waals surface area contributed by atoms with Crippen LogP contribution in [0.5, 0.6) is 0 Å². The van der Waals surface area contributed by atoms with Gasteiger partial charge < -0.3 is 15.0 Å². The van der Waals surface area contributed by atoms with Crippen LogP contribution in [-0.2, 0) is 22.5 Å². The topological polar surface area (TPSA) is 87.7 Å². The number of hydrogen-bond acceptors (Lipinski definition) is 6. The number of carbonyl (C=O) groups is 2. The Morgan fingerprint density at radius 2 is 1.94 bits per heavy atom. The van der Waals surface area contributed by atoms with Crippen LogP contribution < -0.4 is 5.32 Å². The Labute approximate surface area is 196 Å². The lowest BCUT2D eigenvalue weighted by Crippen LogP contribution is -2.42. The highest BCUT2D eigenvalue weighted by Crippen LogP contribution is 2.29. The van der Waals surface area contributed by atoms with E-state index in [0.717, 1.165) is 22.2 Å². The Hall–Kier alpha value is -3.07. The summed E-state index contributed by atoms with van der Waals surface area (Å²) >= 11 is 5.98. The van der Waals surface area contributed by atoms with E-state index in [1.54, 1.807) is 18.3 Å². The Kier molecular flexibility index (Phi) is 6.22. The van der Waals surface area contributed by atoms with Gasteiger partial charge in [0, 0.05) is 60.5 Å². The molecule has 0 bridgehead atoms. The minimum absolute atomic E-state index is 0.00239. The molecule has 8 nitrogen and oxygen atoms in total. The van der Waals surface area contributed by atoms with E-state index in [1.165, 1.54) is 0 Å². The number of pyridine rings is 2. The first-order valence-electron chi connectivity index (χ1n) is 11.0. The monoisotopic (exact) mass is 465 g/mol. The molecular weight excluding hydrogens is 442 g/mol. The van der Waals surface area contributed by atoms with Crippen molar-refractivity contribution in [2.75, 3.05) is 44.7 Å². The smallest absolute Gasteiger partial charge is 0.255 e. The molecule has 0 unspecified atom stereocenters. The predicted molar refractivity (Wildman–Crippen MR) is 125 cm³/mol. The molecule has 1 saturated heterocycles. The van der Waals surface area contributed by atoms with Crippen LogP contribution in [0.2, 0.25) is 5.02 Å². The van der Waals surface area contributed by atoms with Gasteiger partial charge in [-0.15, -0.1) is 0 Å². The van der Waals surface area contributed by atoms with E-state index in [2.05, 4.69) is 10.3 Å². The number of rotatable bonds is 4. The molecule has 2 amide bonds. The van der Waals surface area contributed by atoms with E-state index in [9.17, 15) is 9.59 Å². The average molecular weight is 466 g/mol. The van der Waals surface area contributed by atoms with Gasteiger partial charge in [0.05, 0.1) is 30.8 Å². The van der Waals surface area contributed by atoms with Crippen molar-refractivity contribution in [1.82, 2.24) is 19.8 Å². The molecule has 1 fully saturated rings. The predicted octanol–water partition coefficient (Wildman–Crippen LogP) is 2.75. The second-order valence-corrected chi connectivity index (χ2v) is 8.64. The number of carbonyl (C=O) groups excluding carboxylic acids is 2. The summed E-state index contributed by atoms with van der Waals surface area (Å²) in [4.78, 5) is 39.1. The van der Waals surface area contributed by atoms with Crippen molar-refractivity contribution < 1.29 is 14.3 Å². The van der Waals surface area contributed by atoms with Crippen LogP contribution in [0.1, 0.15) is 21.6 Å². The third kappa shape index (κ3) is 4.68. The van der Waals surface area contributed by atoms with Gasteiger partial charge in [0.1, 0.15) is 5.82 Å². The summed E-state index contributed by atoms with van der Waals surface area (Å²) in [7, 11) is 0. The molecule has 33 heavy (non-hydrogen) atoms. The minimum atomic E-state index is -0.178. The Bertz CT molecular complexity index is 1210. The molecule has 1 aromatic carbocycles. The van der Waals surface area contributed by atoms with E-state index in [4.69, 9.17) is 21.3 Å². The Balaban J connectivity index is 1.42. The fourth-order valence-corrected chi connectivity index (χ4v) is 4.57. The number of anilines is 1.